The summed E-state index contributed by atoms with van der Waals surface area (Å²) in [7, 11) is -3.68. The van der Waals surface area contributed by atoms with E-state index >= 15 is 0 Å². The third-order valence-corrected chi connectivity index (χ3v) is 5.82. The molecule has 2 aromatic heterocycles. The molecule has 0 saturated carbocycles. The highest BCUT2D eigenvalue weighted by Crippen LogP contribution is 2.34. The maximum Gasteiger partial charge on any atom is 0.421 e. The van der Waals surface area contributed by atoms with Gasteiger partial charge in [-0.2, -0.15) is 18.2 Å². The molecular weight excluding hydrogens is 494 g/mol. The summed E-state index contributed by atoms with van der Waals surface area (Å²) < 4.78 is 80.6. The lowest BCUT2D eigenvalue weighted by molar-refractivity contribution is -0.137. The zero-order valence-electron chi connectivity index (χ0n) is 18.0. The summed E-state index contributed by atoms with van der Waals surface area (Å²) >= 11 is 0. The first kappa shape index (κ1) is 25.6. The van der Waals surface area contributed by atoms with E-state index in [0.29, 0.717) is 6.20 Å². The van der Waals surface area contributed by atoms with Gasteiger partial charge in [0.2, 0.25) is 16.0 Å². The molecule has 0 unspecified atom stereocenters. The second-order valence-corrected chi connectivity index (χ2v) is 9.02. The number of rotatable bonds is 9. The number of nitrogens with two attached hydrogens (primary N) is 1. The van der Waals surface area contributed by atoms with Gasteiger partial charge in [0.05, 0.1) is 11.3 Å². The molecule has 3 aromatic rings. The number of alkyl halides is 3. The second-order valence-electron chi connectivity index (χ2n) is 7.01. The Kier molecular flexibility index (Phi) is 7.38. The number of hydrogen-bond acceptors (Lipinski definition) is 8. The molecule has 0 aliphatic rings. The van der Waals surface area contributed by atoms with Crippen molar-refractivity contribution in [3.05, 3.63) is 65.2 Å². The van der Waals surface area contributed by atoms with Crippen molar-refractivity contribution in [1.29, 1.82) is 0 Å². The van der Waals surface area contributed by atoms with Gasteiger partial charge in [0.1, 0.15) is 23.0 Å². The maximum atomic E-state index is 14.0. The third kappa shape index (κ3) is 6.53. The number of carbonyl (C=O) groups is 1. The van der Waals surface area contributed by atoms with Crippen molar-refractivity contribution < 1.29 is 30.8 Å². The lowest BCUT2D eigenvalue weighted by atomic mass is 10.2. The Labute approximate surface area is 197 Å². The predicted molar refractivity (Wildman–Crippen MR) is 120 cm³/mol. The van der Waals surface area contributed by atoms with Crippen LogP contribution in [0.5, 0.6) is 0 Å². The number of aromatic nitrogens is 3. The first-order chi connectivity index (χ1) is 16.4. The molecular formula is C20H19F4N7O3S. The lowest BCUT2D eigenvalue weighted by Gasteiger charge is -2.16. The molecule has 0 fully saturated rings. The van der Waals surface area contributed by atoms with Crippen LogP contribution in [0, 0.1) is 5.82 Å². The van der Waals surface area contributed by atoms with Gasteiger partial charge in [-0.05, 0) is 31.2 Å². The molecule has 10 nitrogen and oxygen atoms in total. The smallest absolute Gasteiger partial charge is 0.366 e. The Morgan fingerprint density at radius 1 is 1.14 bits per heavy atom. The van der Waals surface area contributed by atoms with Gasteiger partial charge in [0.25, 0.3) is 5.91 Å². The SMILES string of the molecule is CCS(=O)(=O)Nc1ncccc1CNc1nc(Nc2ccc(C(N)=O)c(F)c2)ncc1C(F)(F)F. The minimum absolute atomic E-state index is 0.0483. The van der Waals surface area contributed by atoms with Crippen LogP contribution in [-0.4, -0.2) is 35.0 Å². The van der Waals surface area contributed by atoms with Crippen molar-refractivity contribution in [2.24, 2.45) is 5.73 Å². The number of halogens is 4. The van der Waals surface area contributed by atoms with Gasteiger partial charge in [-0.1, -0.05) is 6.07 Å². The van der Waals surface area contributed by atoms with E-state index in [4.69, 9.17) is 5.73 Å². The van der Waals surface area contributed by atoms with Crippen molar-refractivity contribution in [3.63, 3.8) is 0 Å². The average molecular weight is 513 g/mol. The summed E-state index contributed by atoms with van der Waals surface area (Å²) in [6.07, 6.45) is -2.94. The molecule has 186 valence electrons. The lowest BCUT2D eigenvalue weighted by Crippen LogP contribution is -2.18. The standard InChI is InChI=1S/C20H19F4N7O3S/c1-2-35(33,34)31-17-11(4-3-7-26-17)9-27-18-14(20(22,23)24)10-28-19(30-18)29-12-5-6-13(16(25)32)15(21)8-12/h3-8,10H,2,9H2,1H3,(H2,25,32)(H,26,31)(H2,27,28,29,30). The minimum atomic E-state index is -4.81. The number of anilines is 4. The van der Waals surface area contributed by atoms with Crippen molar-refractivity contribution in [2.45, 2.75) is 19.6 Å². The molecule has 35 heavy (non-hydrogen) atoms. The van der Waals surface area contributed by atoms with Crippen LogP contribution < -0.4 is 21.1 Å². The third-order valence-electron chi connectivity index (χ3n) is 4.55. The highest BCUT2D eigenvalue weighted by Gasteiger charge is 2.35. The fraction of sp³-hybridized carbons (Fsp3) is 0.200. The van der Waals surface area contributed by atoms with E-state index in [1.165, 1.54) is 31.3 Å². The maximum absolute atomic E-state index is 14.0. The zero-order valence-corrected chi connectivity index (χ0v) is 18.8. The fourth-order valence-electron chi connectivity index (χ4n) is 2.78. The van der Waals surface area contributed by atoms with Crippen molar-refractivity contribution in [1.82, 2.24) is 15.0 Å². The molecule has 0 saturated heterocycles. The molecule has 0 atom stereocenters. The monoisotopic (exact) mass is 513 g/mol. The molecule has 1 aromatic carbocycles. The van der Waals surface area contributed by atoms with Gasteiger partial charge in [0.15, 0.2) is 0 Å². The first-order valence-corrected chi connectivity index (χ1v) is 11.5. The van der Waals surface area contributed by atoms with Crippen molar-refractivity contribution in [2.75, 3.05) is 21.1 Å². The van der Waals surface area contributed by atoms with Crippen LogP contribution in [0.25, 0.3) is 0 Å². The fourth-order valence-corrected chi connectivity index (χ4v) is 3.40. The number of benzene rings is 1. The number of carbonyl (C=O) groups excluding carboxylic acids is 1. The van der Waals surface area contributed by atoms with E-state index in [1.54, 1.807) is 0 Å². The summed E-state index contributed by atoms with van der Waals surface area (Å²) in [5.74, 6) is -3.11. The highest BCUT2D eigenvalue weighted by atomic mass is 32.2. The summed E-state index contributed by atoms with van der Waals surface area (Å²) in [4.78, 5) is 22.5. The van der Waals surface area contributed by atoms with Gasteiger partial charge in [-0.3, -0.25) is 9.52 Å². The summed E-state index contributed by atoms with van der Waals surface area (Å²) in [5.41, 5.74) is 3.82. The van der Waals surface area contributed by atoms with Crippen LogP contribution in [0.3, 0.4) is 0 Å². The van der Waals surface area contributed by atoms with Crippen LogP contribution in [0.15, 0.2) is 42.7 Å². The van der Waals surface area contributed by atoms with E-state index < -0.39 is 39.3 Å². The number of amides is 1. The zero-order chi connectivity index (χ0) is 25.8. The van der Waals surface area contributed by atoms with Crippen LogP contribution in [0.2, 0.25) is 0 Å². The molecule has 0 radical (unpaired) electrons. The first-order valence-electron chi connectivity index (χ1n) is 9.88. The number of pyridine rings is 1. The van der Waals surface area contributed by atoms with Crippen LogP contribution >= 0.6 is 0 Å². The van der Waals surface area contributed by atoms with Crippen LogP contribution in [0.4, 0.5) is 40.8 Å². The Balaban J connectivity index is 1.89. The van der Waals surface area contributed by atoms with Crippen LogP contribution in [-0.2, 0) is 22.7 Å². The predicted octanol–water partition coefficient (Wildman–Crippen LogP) is 3.25. The highest BCUT2D eigenvalue weighted by molar-refractivity contribution is 7.92. The largest absolute Gasteiger partial charge is 0.421 e. The van der Waals surface area contributed by atoms with Gasteiger partial charge in [0, 0.05) is 30.2 Å². The van der Waals surface area contributed by atoms with Crippen molar-refractivity contribution in [3.8, 4) is 0 Å². The molecule has 1 amide bonds. The quantitative estimate of drug-likeness (QED) is 0.318. The van der Waals surface area contributed by atoms with Gasteiger partial charge in [-0.25, -0.2) is 22.8 Å². The molecule has 3 rings (SSSR count). The Bertz CT molecular complexity index is 1350. The number of sulfonamides is 1. The molecule has 5 N–H and O–H groups in total. The molecule has 0 aliphatic carbocycles. The minimum Gasteiger partial charge on any atom is -0.366 e. The van der Waals surface area contributed by atoms with E-state index in [9.17, 15) is 30.8 Å². The summed E-state index contributed by atoms with van der Waals surface area (Å²) in [5, 5.41) is 5.07. The second kappa shape index (κ2) is 10.1. The van der Waals surface area contributed by atoms with E-state index in [1.807, 2.05) is 0 Å². The van der Waals surface area contributed by atoms with E-state index in [2.05, 4.69) is 30.3 Å². The topological polar surface area (TPSA) is 152 Å². The molecule has 15 heteroatoms. The van der Waals surface area contributed by atoms with E-state index in [0.717, 1.165) is 12.1 Å². The molecule has 2 heterocycles. The Hall–Kier alpha value is -4.01. The Morgan fingerprint density at radius 3 is 2.51 bits per heavy atom. The number of nitrogens with one attached hydrogen (secondary N) is 3. The van der Waals surface area contributed by atoms with E-state index in [-0.39, 0.29) is 40.9 Å². The normalized spacial score (nSPS) is 11.7. The average Bonchev–Trinajstić information content (AvgIpc) is 2.77. The summed E-state index contributed by atoms with van der Waals surface area (Å²) in [6, 6.07) is 6.26. The van der Waals surface area contributed by atoms with Crippen molar-refractivity contribution >= 4 is 39.2 Å². The molecule has 0 spiro atoms. The van der Waals surface area contributed by atoms with Gasteiger partial charge < -0.3 is 16.4 Å². The Morgan fingerprint density at radius 2 is 1.89 bits per heavy atom. The number of nitrogens with zero attached hydrogens (tertiary/aromatic N) is 3. The van der Waals surface area contributed by atoms with Gasteiger partial charge >= 0.3 is 6.18 Å². The molecule has 0 bridgehead atoms. The molecule has 0 aliphatic heterocycles. The van der Waals surface area contributed by atoms with Gasteiger partial charge in [-0.15, -0.1) is 0 Å². The number of hydrogen-bond donors (Lipinski definition) is 4. The summed E-state index contributed by atoms with van der Waals surface area (Å²) in [6.45, 7) is 1.15. The van der Waals surface area contributed by atoms with Crippen LogP contribution in [0.1, 0.15) is 28.4 Å². The number of primary amides is 1.